The van der Waals surface area contributed by atoms with Gasteiger partial charge in [0, 0.05) is 12.6 Å². The molecule has 3 rings (SSSR count). The van der Waals surface area contributed by atoms with Crippen LogP contribution in [0.3, 0.4) is 0 Å². The number of nitrogens with zero attached hydrogens (tertiary/aromatic N) is 3. The molecule has 2 amide bonds. The van der Waals surface area contributed by atoms with Crippen molar-refractivity contribution in [3.63, 3.8) is 0 Å². The zero-order chi connectivity index (χ0) is 16.9. The maximum absolute atomic E-state index is 12.1. The minimum Gasteiger partial charge on any atom is -0.335 e. The molecule has 3 atom stereocenters. The lowest BCUT2D eigenvalue weighted by molar-refractivity contribution is 0.195. The fraction of sp³-hybridized carbons (Fsp3) is 0.500. The number of amides is 2. The van der Waals surface area contributed by atoms with Crippen LogP contribution in [-0.4, -0.2) is 26.8 Å². The summed E-state index contributed by atoms with van der Waals surface area (Å²) >= 11 is 0. The number of benzene rings is 1. The molecule has 0 bridgehead atoms. The molecule has 1 aliphatic rings. The molecule has 1 heterocycles. The van der Waals surface area contributed by atoms with Crippen LogP contribution in [0.15, 0.2) is 36.9 Å². The Morgan fingerprint density at radius 2 is 2.04 bits per heavy atom. The third-order valence-corrected chi connectivity index (χ3v) is 5.10. The maximum atomic E-state index is 12.1. The van der Waals surface area contributed by atoms with Crippen LogP contribution in [0.5, 0.6) is 0 Å². The van der Waals surface area contributed by atoms with E-state index in [9.17, 15) is 4.79 Å². The van der Waals surface area contributed by atoms with Gasteiger partial charge in [0.1, 0.15) is 12.7 Å². The summed E-state index contributed by atoms with van der Waals surface area (Å²) in [4.78, 5) is 16.1. The molecule has 1 saturated carbocycles. The van der Waals surface area contributed by atoms with Gasteiger partial charge in [-0.05, 0) is 36.0 Å². The summed E-state index contributed by atoms with van der Waals surface area (Å²) in [5.41, 5.74) is 2.00. The number of carbonyl (C=O) groups is 1. The van der Waals surface area contributed by atoms with Gasteiger partial charge in [-0.15, -0.1) is 0 Å². The third-order valence-electron chi connectivity index (χ3n) is 5.10. The van der Waals surface area contributed by atoms with Crippen molar-refractivity contribution in [3.8, 4) is 5.69 Å². The minimum absolute atomic E-state index is 0.0821. The Morgan fingerprint density at radius 3 is 2.75 bits per heavy atom. The van der Waals surface area contributed by atoms with Gasteiger partial charge in [-0.2, -0.15) is 5.10 Å². The molecular formula is C18H25N5O. The van der Waals surface area contributed by atoms with E-state index in [0.29, 0.717) is 18.4 Å². The summed E-state index contributed by atoms with van der Waals surface area (Å²) in [6.45, 7) is 5.02. The Kier molecular flexibility index (Phi) is 5.13. The van der Waals surface area contributed by atoms with Crippen molar-refractivity contribution in [3.05, 3.63) is 42.5 Å². The van der Waals surface area contributed by atoms with Crippen LogP contribution >= 0.6 is 0 Å². The zero-order valence-electron chi connectivity index (χ0n) is 14.3. The summed E-state index contributed by atoms with van der Waals surface area (Å²) < 4.78 is 1.70. The average molecular weight is 327 g/mol. The molecule has 1 aromatic carbocycles. The fourth-order valence-electron chi connectivity index (χ4n) is 3.30. The Morgan fingerprint density at radius 1 is 1.25 bits per heavy atom. The van der Waals surface area contributed by atoms with Crippen LogP contribution in [0.1, 0.15) is 38.7 Å². The Labute approximate surface area is 142 Å². The number of aromatic nitrogens is 3. The van der Waals surface area contributed by atoms with E-state index in [0.717, 1.165) is 17.7 Å². The van der Waals surface area contributed by atoms with Gasteiger partial charge in [-0.1, -0.05) is 38.8 Å². The van der Waals surface area contributed by atoms with Crippen LogP contribution in [0, 0.1) is 11.8 Å². The lowest BCUT2D eigenvalue weighted by atomic mass is 9.78. The lowest BCUT2D eigenvalue weighted by Crippen LogP contribution is -2.47. The molecule has 6 heteroatoms. The number of carbonyl (C=O) groups excluding carboxylic acids is 1. The normalized spacial score (nSPS) is 23.7. The molecule has 6 nitrogen and oxygen atoms in total. The second kappa shape index (κ2) is 7.47. The molecule has 128 valence electrons. The smallest absolute Gasteiger partial charge is 0.315 e. The summed E-state index contributed by atoms with van der Waals surface area (Å²) in [5.74, 6) is 1.21. The second-order valence-electron chi connectivity index (χ2n) is 6.71. The van der Waals surface area contributed by atoms with Crippen molar-refractivity contribution >= 4 is 6.03 Å². The van der Waals surface area contributed by atoms with E-state index in [1.54, 1.807) is 11.0 Å². The van der Waals surface area contributed by atoms with Crippen LogP contribution in [0.25, 0.3) is 5.69 Å². The standard InChI is InChI=1S/C18H25N5O/c1-13-4-3-5-17(14(13)2)22-18(24)20-10-15-6-8-16(9-7-15)23-12-19-11-21-23/h6-9,11-14,17H,3-5,10H2,1-2H3,(H2,20,22,24). The highest BCUT2D eigenvalue weighted by Gasteiger charge is 2.27. The predicted molar refractivity (Wildman–Crippen MR) is 92.7 cm³/mol. The topological polar surface area (TPSA) is 71.8 Å². The van der Waals surface area contributed by atoms with Crippen molar-refractivity contribution in [1.82, 2.24) is 25.4 Å². The highest BCUT2D eigenvalue weighted by molar-refractivity contribution is 5.74. The Hall–Kier alpha value is -2.37. The Bertz CT molecular complexity index is 653. The number of hydrogen-bond donors (Lipinski definition) is 2. The molecule has 0 radical (unpaired) electrons. The quantitative estimate of drug-likeness (QED) is 0.907. The predicted octanol–water partition coefficient (Wildman–Crippen LogP) is 2.89. The van der Waals surface area contributed by atoms with Gasteiger partial charge in [0.05, 0.1) is 5.69 Å². The number of nitrogens with one attached hydrogen (secondary N) is 2. The summed E-state index contributed by atoms with van der Waals surface area (Å²) in [7, 11) is 0. The van der Waals surface area contributed by atoms with Crippen LogP contribution in [0.4, 0.5) is 4.79 Å². The fourth-order valence-corrected chi connectivity index (χ4v) is 3.30. The van der Waals surface area contributed by atoms with E-state index < -0.39 is 0 Å². The molecular weight excluding hydrogens is 302 g/mol. The van der Waals surface area contributed by atoms with Crippen molar-refractivity contribution in [2.75, 3.05) is 0 Å². The molecule has 1 fully saturated rings. The maximum Gasteiger partial charge on any atom is 0.315 e. The Balaban J connectivity index is 1.49. The molecule has 1 aromatic heterocycles. The summed E-state index contributed by atoms with van der Waals surface area (Å²) in [5, 5.41) is 10.2. The number of hydrogen-bond acceptors (Lipinski definition) is 3. The third kappa shape index (κ3) is 3.93. The van der Waals surface area contributed by atoms with Crippen molar-refractivity contribution < 1.29 is 4.79 Å². The molecule has 1 aliphatic carbocycles. The highest BCUT2D eigenvalue weighted by atomic mass is 16.2. The van der Waals surface area contributed by atoms with Crippen molar-refractivity contribution in [1.29, 1.82) is 0 Å². The molecule has 0 aliphatic heterocycles. The van der Waals surface area contributed by atoms with Gasteiger partial charge in [-0.3, -0.25) is 0 Å². The SMILES string of the molecule is CC1CCCC(NC(=O)NCc2ccc(-n3cncn3)cc2)C1C. The van der Waals surface area contributed by atoms with Gasteiger partial charge in [0.15, 0.2) is 0 Å². The molecule has 2 N–H and O–H groups in total. The molecule has 0 spiro atoms. The van der Waals surface area contributed by atoms with Crippen molar-refractivity contribution in [2.45, 2.75) is 45.7 Å². The first kappa shape index (κ1) is 16.5. The minimum atomic E-state index is -0.0821. The second-order valence-corrected chi connectivity index (χ2v) is 6.71. The summed E-state index contributed by atoms with van der Waals surface area (Å²) in [6, 6.07) is 8.11. The van der Waals surface area contributed by atoms with Gasteiger partial charge in [0.2, 0.25) is 0 Å². The van der Waals surface area contributed by atoms with E-state index in [1.807, 2.05) is 24.3 Å². The molecule has 24 heavy (non-hydrogen) atoms. The zero-order valence-corrected chi connectivity index (χ0v) is 14.3. The first-order valence-electron chi connectivity index (χ1n) is 8.62. The van der Waals surface area contributed by atoms with E-state index in [1.165, 1.54) is 19.2 Å². The lowest BCUT2D eigenvalue weighted by Gasteiger charge is -2.34. The van der Waals surface area contributed by atoms with E-state index in [4.69, 9.17) is 0 Å². The van der Waals surface area contributed by atoms with Gasteiger partial charge in [-0.25, -0.2) is 14.5 Å². The first-order valence-corrected chi connectivity index (χ1v) is 8.62. The van der Waals surface area contributed by atoms with Gasteiger partial charge < -0.3 is 10.6 Å². The van der Waals surface area contributed by atoms with Gasteiger partial charge in [0.25, 0.3) is 0 Å². The molecule has 3 unspecified atom stereocenters. The van der Waals surface area contributed by atoms with Crippen molar-refractivity contribution in [2.24, 2.45) is 11.8 Å². The van der Waals surface area contributed by atoms with E-state index in [-0.39, 0.29) is 12.1 Å². The summed E-state index contributed by atoms with van der Waals surface area (Å²) in [6.07, 6.45) is 6.70. The first-order chi connectivity index (χ1) is 11.6. The number of rotatable bonds is 4. The molecule has 2 aromatic rings. The van der Waals surface area contributed by atoms with Crippen LogP contribution in [0.2, 0.25) is 0 Å². The van der Waals surface area contributed by atoms with E-state index in [2.05, 4.69) is 34.6 Å². The average Bonchev–Trinajstić information content (AvgIpc) is 3.12. The van der Waals surface area contributed by atoms with Crippen LogP contribution in [-0.2, 0) is 6.54 Å². The van der Waals surface area contributed by atoms with Gasteiger partial charge >= 0.3 is 6.03 Å². The van der Waals surface area contributed by atoms with E-state index >= 15 is 0 Å². The monoisotopic (exact) mass is 327 g/mol. The molecule has 0 saturated heterocycles. The highest BCUT2D eigenvalue weighted by Crippen LogP contribution is 2.29. The van der Waals surface area contributed by atoms with Crippen LogP contribution < -0.4 is 10.6 Å². The largest absolute Gasteiger partial charge is 0.335 e. The number of urea groups is 1.